The van der Waals surface area contributed by atoms with E-state index in [9.17, 15) is 14.9 Å². The molecule has 154 valence electrons. The fraction of sp³-hybridized carbons (Fsp3) is 0.684. The number of nitrogens with one attached hydrogen (secondary N) is 2. The van der Waals surface area contributed by atoms with Gasteiger partial charge in [0.15, 0.2) is 0 Å². The summed E-state index contributed by atoms with van der Waals surface area (Å²) in [6.07, 6.45) is 4.51. The Kier molecular flexibility index (Phi) is 6.66. The van der Waals surface area contributed by atoms with Gasteiger partial charge in [-0.2, -0.15) is 0 Å². The highest BCUT2D eigenvalue weighted by Gasteiger charge is 2.28. The van der Waals surface area contributed by atoms with Gasteiger partial charge in [-0.05, 0) is 39.5 Å². The molecule has 1 saturated carbocycles. The molecule has 9 heteroatoms. The molecule has 0 spiro atoms. The maximum Gasteiger partial charge on any atom is 0.310 e. The Labute approximate surface area is 165 Å². The number of hydrogen-bond donors (Lipinski definition) is 2. The Morgan fingerprint density at radius 3 is 2.57 bits per heavy atom. The van der Waals surface area contributed by atoms with Crippen LogP contribution < -0.4 is 15.5 Å². The van der Waals surface area contributed by atoms with Crippen LogP contribution in [0.15, 0.2) is 12.3 Å². The zero-order valence-corrected chi connectivity index (χ0v) is 16.5. The van der Waals surface area contributed by atoms with Crippen molar-refractivity contribution in [3.05, 3.63) is 22.4 Å². The van der Waals surface area contributed by atoms with Crippen LogP contribution in [0.5, 0.6) is 0 Å². The Morgan fingerprint density at radius 1 is 1.29 bits per heavy atom. The third-order valence-electron chi connectivity index (χ3n) is 5.29. The van der Waals surface area contributed by atoms with Gasteiger partial charge in [0.1, 0.15) is 17.7 Å². The molecule has 1 saturated heterocycles. The number of morpholine rings is 1. The number of rotatable bonds is 6. The summed E-state index contributed by atoms with van der Waals surface area (Å²) in [5.74, 6) is 0.858. The van der Waals surface area contributed by atoms with Crippen LogP contribution in [0.2, 0.25) is 0 Å². The number of pyridine rings is 1. The van der Waals surface area contributed by atoms with Crippen molar-refractivity contribution < 1.29 is 14.5 Å². The van der Waals surface area contributed by atoms with Gasteiger partial charge in [-0.15, -0.1) is 0 Å². The number of carbonyl (C=O) groups excluding carboxylic acids is 1. The van der Waals surface area contributed by atoms with Gasteiger partial charge in [0.25, 0.3) is 0 Å². The van der Waals surface area contributed by atoms with E-state index in [2.05, 4.69) is 20.5 Å². The van der Waals surface area contributed by atoms with Crippen LogP contribution >= 0.6 is 0 Å². The number of carbonyl (C=O) groups is 1. The molecular weight excluding hydrogens is 362 g/mol. The van der Waals surface area contributed by atoms with Crippen molar-refractivity contribution in [2.45, 2.75) is 51.6 Å². The minimum absolute atomic E-state index is 0.0170. The van der Waals surface area contributed by atoms with Gasteiger partial charge in [0, 0.05) is 37.2 Å². The molecule has 0 atom stereocenters. The Bertz CT molecular complexity index is 698. The zero-order valence-electron chi connectivity index (χ0n) is 16.5. The maximum absolute atomic E-state index is 12.2. The lowest BCUT2D eigenvalue weighted by Crippen LogP contribution is -2.39. The van der Waals surface area contributed by atoms with E-state index in [1.165, 1.54) is 6.20 Å². The van der Waals surface area contributed by atoms with Crippen molar-refractivity contribution in [1.82, 2.24) is 10.3 Å². The first-order valence-corrected chi connectivity index (χ1v) is 9.98. The molecular formula is C19H29N5O4. The lowest BCUT2D eigenvalue weighted by molar-refractivity contribution is -0.384. The molecule has 0 unspecified atom stereocenters. The summed E-state index contributed by atoms with van der Waals surface area (Å²) in [5, 5.41) is 17.7. The molecule has 28 heavy (non-hydrogen) atoms. The van der Waals surface area contributed by atoms with Crippen molar-refractivity contribution in [1.29, 1.82) is 0 Å². The van der Waals surface area contributed by atoms with E-state index in [1.807, 2.05) is 13.8 Å². The predicted molar refractivity (Wildman–Crippen MR) is 107 cm³/mol. The van der Waals surface area contributed by atoms with Crippen molar-refractivity contribution in [2.24, 2.45) is 5.92 Å². The number of nitrogens with zero attached hydrogens (tertiary/aromatic N) is 3. The van der Waals surface area contributed by atoms with Crippen LogP contribution in [0.3, 0.4) is 0 Å². The average molecular weight is 391 g/mol. The normalized spacial score (nSPS) is 22.8. The quantitative estimate of drug-likeness (QED) is 0.566. The highest BCUT2D eigenvalue weighted by Crippen LogP contribution is 2.32. The number of amides is 1. The molecule has 3 rings (SSSR count). The van der Waals surface area contributed by atoms with E-state index >= 15 is 0 Å². The van der Waals surface area contributed by atoms with Crippen LogP contribution in [-0.2, 0) is 9.53 Å². The first kappa shape index (κ1) is 20.3. The average Bonchev–Trinajstić information content (AvgIpc) is 2.68. The minimum atomic E-state index is -0.403. The Balaban J connectivity index is 1.66. The van der Waals surface area contributed by atoms with Crippen LogP contribution in [0.1, 0.15) is 39.5 Å². The largest absolute Gasteiger partial charge is 0.378 e. The monoisotopic (exact) mass is 391 g/mol. The van der Waals surface area contributed by atoms with Gasteiger partial charge in [0.05, 0.1) is 18.1 Å². The summed E-state index contributed by atoms with van der Waals surface area (Å²) in [4.78, 5) is 29.6. The van der Waals surface area contributed by atoms with E-state index in [1.54, 1.807) is 6.07 Å². The van der Waals surface area contributed by atoms with Gasteiger partial charge in [-0.1, -0.05) is 0 Å². The summed E-state index contributed by atoms with van der Waals surface area (Å²) in [6, 6.07) is 2.02. The molecule has 0 aromatic carbocycles. The fourth-order valence-corrected chi connectivity index (χ4v) is 3.79. The number of nitro groups is 1. The molecule has 1 aliphatic heterocycles. The van der Waals surface area contributed by atoms with Crippen molar-refractivity contribution >= 4 is 23.1 Å². The smallest absolute Gasteiger partial charge is 0.310 e. The van der Waals surface area contributed by atoms with E-state index in [4.69, 9.17) is 4.74 Å². The SMILES string of the molecule is CC(C)NC(=O)C1CCC(Nc2cc(N3CCOCC3)ncc2[N+](=O)[O-])CC1. The number of ether oxygens (including phenoxy) is 1. The molecule has 2 N–H and O–H groups in total. The molecule has 1 aromatic rings. The number of aromatic nitrogens is 1. The summed E-state index contributed by atoms with van der Waals surface area (Å²) in [5.41, 5.74) is 0.480. The first-order valence-electron chi connectivity index (χ1n) is 9.98. The van der Waals surface area contributed by atoms with Crippen LogP contribution in [0.4, 0.5) is 17.2 Å². The molecule has 9 nitrogen and oxygen atoms in total. The van der Waals surface area contributed by atoms with Gasteiger partial charge >= 0.3 is 5.69 Å². The minimum Gasteiger partial charge on any atom is -0.378 e. The van der Waals surface area contributed by atoms with Crippen molar-refractivity contribution in [3.8, 4) is 0 Å². The molecule has 1 aromatic heterocycles. The van der Waals surface area contributed by atoms with Crippen LogP contribution in [0, 0.1) is 16.0 Å². The molecule has 2 aliphatic rings. The van der Waals surface area contributed by atoms with E-state index < -0.39 is 4.92 Å². The highest BCUT2D eigenvalue weighted by molar-refractivity contribution is 5.79. The highest BCUT2D eigenvalue weighted by atomic mass is 16.6. The molecule has 0 radical (unpaired) electrons. The summed E-state index contributed by atoms with van der Waals surface area (Å²) in [7, 11) is 0. The predicted octanol–water partition coefficient (Wildman–Crippen LogP) is 2.32. The third-order valence-corrected chi connectivity index (χ3v) is 5.29. The van der Waals surface area contributed by atoms with Gasteiger partial charge in [-0.3, -0.25) is 14.9 Å². The van der Waals surface area contributed by atoms with Gasteiger partial charge < -0.3 is 20.3 Å². The molecule has 2 fully saturated rings. The summed E-state index contributed by atoms with van der Waals surface area (Å²) in [6.45, 7) is 6.62. The Hall–Kier alpha value is -2.42. The molecule has 2 heterocycles. The van der Waals surface area contributed by atoms with E-state index in [0.717, 1.165) is 44.6 Å². The summed E-state index contributed by atoms with van der Waals surface area (Å²) >= 11 is 0. The topological polar surface area (TPSA) is 110 Å². The maximum atomic E-state index is 12.2. The second-order valence-corrected chi connectivity index (χ2v) is 7.77. The standard InChI is InChI=1S/C19H29N5O4/c1-13(2)21-19(25)14-3-5-15(6-4-14)22-16-11-18(20-12-17(16)24(26)27)23-7-9-28-10-8-23/h11-15H,3-10H2,1-2H3,(H,20,22)(H,21,25). The molecule has 1 aliphatic carbocycles. The first-order chi connectivity index (χ1) is 13.4. The summed E-state index contributed by atoms with van der Waals surface area (Å²) < 4.78 is 5.36. The fourth-order valence-electron chi connectivity index (χ4n) is 3.79. The van der Waals surface area contributed by atoms with Crippen molar-refractivity contribution in [3.63, 3.8) is 0 Å². The Morgan fingerprint density at radius 2 is 1.96 bits per heavy atom. The van der Waals surface area contributed by atoms with E-state index in [-0.39, 0.29) is 29.6 Å². The zero-order chi connectivity index (χ0) is 20.1. The lowest BCUT2D eigenvalue weighted by Gasteiger charge is -2.30. The molecule has 1 amide bonds. The van der Waals surface area contributed by atoms with Crippen LogP contribution in [-0.4, -0.2) is 54.2 Å². The van der Waals surface area contributed by atoms with E-state index in [0.29, 0.717) is 18.9 Å². The van der Waals surface area contributed by atoms with Gasteiger partial charge in [0.2, 0.25) is 5.91 Å². The van der Waals surface area contributed by atoms with Crippen molar-refractivity contribution in [2.75, 3.05) is 36.5 Å². The third kappa shape index (κ3) is 5.09. The van der Waals surface area contributed by atoms with Gasteiger partial charge in [-0.25, -0.2) is 4.98 Å². The second-order valence-electron chi connectivity index (χ2n) is 7.77. The van der Waals surface area contributed by atoms with Crippen LogP contribution in [0.25, 0.3) is 0 Å². The lowest BCUT2D eigenvalue weighted by atomic mass is 9.85. The molecule has 0 bridgehead atoms. The number of hydrogen-bond acceptors (Lipinski definition) is 7. The number of anilines is 2. The second kappa shape index (κ2) is 9.18.